The number of aromatic nitrogens is 2. The molecule has 0 unspecified atom stereocenters. The van der Waals surface area contributed by atoms with E-state index in [2.05, 4.69) is 32.8 Å². The van der Waals surface area contributed by atoms with Crippen LogP contribution in [0.4, 0.5) is 0 Å². The number of hydrogen-bond donors (Lipinski definition) is 2. The molecule has 0 bridgehead atoms. The summed E-state index contributed by atoms with van der Waals surface area (Å²) in [5.74, 6) is -0.210. The second-order valence-corrected chi connectivity index (χ2v) is 7.61. The number of hydrogen-bond acceptors (Lipinski definition) is 5. The number of rotatable bonds is 5. The smallest absolute Gasteiger partial charge is 0.180 e. The Morgan fingerprint density at radius 2 is 2.24 bits per heavy atom. The lowest BCUT2D eigenvalue weighted by molar-refractivity contribution is 0.318. The minimum Gasteiger partial charge on any atom is -0.409 e. The van der Waals surface area contributed by atoms with E-state index in [0.717, 1.165) is 3.57 Å². The summed E-state index contributed by atoms with van der Waals surface area (Å²) in [6, 6.07) is 5.99. The van der Waals surface area contributed by atoms with E-state index >= 15 is 0 Å². The Labute approximate surface area is 135 Å². The van der Waals surface area contributed by atoms with Gasteiger partial charge in [0.2, 0.25) is 0 Å². The Hall–Kier alpha value is -1.62. The van der Waals surface area contributed by atoms with Crippen molar-refractivity contribution in [1.29, 1.82) is 0 Å². The van der Waals surface area contributed by atoms with E-state index in [0.29, 0.717) is 5.56 Å². The molecule has 2 aromatic rings. The first-order chi connectivity index (χ1) is 9.92. The monoisotopic (exact) mass is 420 g/mol. The summed E-state index contributed by atoms with van der Waals surface area (Å²) in [4.78, 5) is 0.133. The zero-order valence-corrected chi connectivity index (χ0v) is 13.8. The Morgan fingerprint density at radius 3 is 2.86 bits per heavy atom. The van der Waals surface area contributed by atoms with Gasteiger partial charge in [-0.1, -0.05) is 17.3 Å². The normalized spacial score (nSPS) is 12.5. The van der Waals surface area contributed by atoms with E-state index < -0.39 is 9.84 Å². The van der Waals surface area contributed by atoms with Crippen LogP contribution in [0.15, 0.2) is 46.7 Å². The molecule has 0 radical (unpaired) electrons. The molecule has 0 aliphatic heterocycles. The second kappa shape index (κ2) is 6.43. The van der Waals surface area contributed by atoms with E-state index in [1.807, 2.05) is 0 Å². The van der Waals surface area contributed by atoms with E-state index in [-0.39, 0.29) is 23.0 Å². The number of halogens is 1. The zero-order valence-electron chi connectivity index (χ0n) is 10.8. The third-order valence-corrected chi connectivity index (χ3v) is 5.04. The van der Waals surface area contributed by atoms with Crippen LogP contribution in [0.25, 0.3) is 0 Å². The number of sulfone groups is 1. The molecule has 1 aromatic carbocycles. The van der Waals surface area contributed by atoms with Gasteiger partial charge in [0.05, 0.1) is 27.0 Å². The largest absolute Gasteiger partial charge is 0.409 e. The molecular weight excluding hydrogens is 407 g/mol. The maximum absolute atomic E-state index is 12.3. The fourth-order valence-electron chi connectivity index (χ4n) is 1.70. The van der Waals surface area contributed by atoms with Crippen LogP contribution in [0.2, 0.25) is 0 Å². The number of aryl methyl sites for hydroxylation is 1. The van der Waals surface area contributed by atoms with E-state index in [4.69, 9.17) is 10.9 Å². The van der Waals surface area contributed by atoms with Gasteiger partial charge in [-0.15, -0.1) is 0 Å². The highest BCUT2D eigenvalue weighted by Gasteiger charge is 2.16. The first-order valence-electron chi connectivity index (χ1n) is 5.91. The maximum atomic E-state index is 12.3. The van der Waals surface area contributed by atoms with Crippen molar-refractivity contribution in [3.63, 3.8) is 0 Å². The molecule has 7 nitrogen and oxygen atoms in total. The van der Waals surface area contributed by atoms with Crippen molar-refractivity contribution in [2.75, 3.05) is 5.75 Å². The molecule has 0 fully saturated rings. The lowest BCUT2D eigenvalue weighted by atomic mass is 10.2. The number of nitrogens with zero attached hydrogens (tertiary/aromatic N) is 3. The quantitative estimate of drug-likeness (QED) is 0.247. The van der Waals surface area contributed by atoms with Crippen LogP contribution in [-0.2, 0) is 16.4 Å². The first-order valence-corrected chi connectivity index (χ1v) is 8.64. The summed E-state index contributed by atoms with van der Waals surface area (Å²) in [7, 11) is -3.47. The van der Waals surface area contributed by atoms with Gasteiger partial charge in [0, 0.05) is 11.8 Å². The summed E-state index contributed by atoms with van der Waals surface area (Å²) >= 11 is 2.10. The first kappa shape index (κ1) is 15.8. The number of amidine groups is 1. The van der Waals surface area contributed by atoms with Crippen molar-refractivity contribution >= 4 is 38.3 Å². The van der Waals surface area contributed by atoms with Gasteiger partial charge in [-0.05, 0) is 34.7 Å². The zero-order chi connectivity index (χ0) is 15.5. The standard InChI is InChI=1S/C12H13IN4O3S/c13-10-7-15-17(8-10)4-5-21(19,20)11-3-1-2-9(6-11)12(14)16-18/h1-3,6-8,18H,4-5H2,(H2,14,16). The fraction of sp³-hybridized carbons (Fsp3) is 0.167. The van der Waals surface area contributed by atoms with Gasteiger partial charge in [0.1, 0.15) is 0 Å². The molecule has 3 N–H and O–H groups in total. The summed E-state index contributed by atoms with van der Waals surface area (Å²) in [5.41, 5.74) is 5.82. The molecule has 0 aliphatic carbocycles. The van der Waals surface area contributed by atoms with Gasteiger partial charge in [-0.25, -0.2) is 8.42 Å². The van der Waals surface area contributed by atoms with Gasteiger partial charge in [-0.3, -0.25) is 4.68 Å². The van der Waals surface area contributed by atoms with Crippen molar-refractivity contribution < 1.29 is 13.6 Å². The molecule has 0 atom stereocenters. The van der Waals surface area contributed by atoms with E-state index in [1.54, 1.807) is 29.2 Å². The van der Waals surface area contributed by atoms with Crippen molar-refractivity contribution in [3.8, 4) is 0 Å². The van der Waals surface area contributed by atoms with Gasteiger partial charge < -0.3 is 10.9 Å². The third-order valence-electron chi connectivity index (χ3n) is 2.79. The SMILES string of the molecule is N/C(=N/O)c1cccc(S(=O)(=O)CCn2cc(I)cn2)c1. The molecule has 1 heterocycles. The Balaban J connectivity index is 2.19. The van der Waals surface area contributed by atoms with Crippen molar-refractivity contribution in [2.45, 2.75) is 11.4 Å². The minimum absolute atomic E-state index is 0.0790. The van der Waals surface area contributed by atoms with Crippen molar-refractivity contribution in [1.82, 2.24) is 9.78 Å². The molecule has 1 aromatic heterocycles. The fourth-order valence-corrected chi connectivity index (χ4v) is 3.40. The third kappa shape index (κ3) is 3.94. The van der Waals surface area contributed by atoms with E-state index in [9.17, 15) is 8.42 Å². The predicted octanol–water partition coefficient (Wildman–Crippen LogP) is 1.06. The lowest BCUT2D eigenvalue weighted by Gasteiger charge is -2.06. The van der Waals surface area contributed by atoms with Crippen molar-refractivity contribution in [2.24, 2.45) is 10.9 Å². The molecule has 0 saturated heterocycles. The van der Waals surface area contributed by atoms with Gasteiger partial charge in [0.15, 0.2) is 15.7 Å². The summed E-state index contributed by atoms with van der Waals surface area (Å²) in [5, 5.41) is 15.5. The molecule has 0 aliphatic rings. The van der Waals surface area contributed by atoms with E-state index in [1.165, 1.54) is 12.1 Å². The minimum atomic E-state index is -3.47. The average molecular weight is 420 g/mol. The van der Waals surface area contributed by atoms with Crippen LogP contribution in [0.5, 0.6) is 0 Å². The second-order valence-electron chi connectivity index (χ2n) is 4.25. The Kier molecular flexibility index (Phi) is 4.83. The molecule has 0 spiro atoms. The highest BCUT2D eigenvalue weighted by molar-refractivity contribution is 14.1. The summed E-state index contributed by atoms with van der Waals surface area (Å²) < 4.78 is 27.1. The van der Waals surface area contributed by atoms with Gasteiger partial charge in [-0.2, -0.15) is 5.10 Å². The lowest BCUT2D eigenvalue weighted by Crippen LogP contribution is -2.16. The van der Waals surface area contributed by atoms with Gasteiger partial charge >= 0.3 is 0 Å². The van der Waals surface area contributed by atoms with Crippen LogP contribution in [0, 0.1) is 3.57 Å². The Bertz CT molecular complexity index is 770. The van der Waals surface area contributed by atoms with Crippen LogP contribution in [0.1, 0.15) is 5.56 Å². The average Bonchev–Trinajstić information content (AvgIpc) is 2.90. The maximum Gasteiger partial charge on any atom is 0.180 e. The number of nitrogens with two attached hydrogens (primary N) is 1. The van der Waals surface area contributed by atoms with Crippen molar-refractivity contribution in [3.05, 3.63) is 45.8 Å². The number of benzene rings is 1. The molecular formula is C12H13IN4O3S. The van der Waals surface area contributed by atoms with Crippen LogP contribution in [0.3, 0.4) is 0 Å². The molecule has 21 heavy (non-hydrogen) atoms. The number of oxime groups is 1. The molecule has 9 heteroatoms. The molecule has 112 valence electrons. The van der Waals surface area contributed by atoms with Crippen LogP contribution in [-0.4, -0.2) is 35.0 Å². The van der Waals surface area contributed by atoms with Gasteiger partial charge in [0.25, 0.3) is 0 Å². The molecule has 0 amide bonds. The summed E-state index contributed by atoms with van der Waals surface area (Å²) in [6.45, 7) is 0.263. The summed E-state index contributed by atoms with van der Waals surface area (Å²) in [6.07, 6.45) is 3.43. The highest BCUT2D eigenvalue weighted by Crippen LogP contribution is 2.14. The van der Waals surface area contributed by atoms with Crippen LogP contribution < -0.4 is 5.73 Å². The predicted molar refractivity (Wildman–Crippen MR) is 85.9 cm³/mol. The van der Waals surface area contributed by atoms with Crippen LogP contribution >= 0.6 is 22.6 Å². The Morgan fingerprint density at radius 1 is 1.48 bits per heavy atom. The molecule has 0 saturated carbocycles. The topological polar surface area (TPSA) is 111 Å². The highest BCUT2D eigenvalue weighted by atomic mass is 127. The molecule has 2 rings (SSSR count).